The second-order valence-electron chi connectivity index (χ2n) is 4.29. The number of aromatic nitrogens is 2. The number of halogens is 1. The van der Waals surface area contributed by atoms with E-state index in [0.717, 1.165) is 15.6 Å². The standard InChI is InChI=1S/C14H16BrN3O2/c1-8-4-5-9(6-10(8)15)12(16)13-14(20-3)18-11(19-2)7-17-13/h4-7,12H,16H2,1-3H3. The summed E-state index contributed by atoms with van der Waals surface area (Å²) in [6.45, 7) is 2.02. The van der Waals surface area contributed by atoms with Gasteiger partial charge in [-0.2, -0.15) is 4.98 Å². The zero-order chi connectivity index (χ0) is 14.7. The average molecular weight is 338 g/mol. The van der Waals surface area contributed by atoms with Gasteiger partial charge in [0.2, 0.25) is 11.8 Å². The summed E-state index contributed by atoms with van der Waals surface area (Å²) in [5.74, 6) is 0.761. The molecule has 1 unspecified atom stereocenters. The maximum Gasteiger partial charge on any atom is 0.240 e. The van der Waals surface area contributed by atoms with Crippen molar-refractivity contribution >= 4 is 15.9 Å². The normalized spacial score (nSPS) is 12.1. The zero-order valence-corrected chi connectivity index (χ0v) is 13.1. The van der Waals surface area contributed by atoms with Crippen LogP contribution in [0, 0.1) is 6.92 Å². The fourth-order valence-corrected chi connectivity index (χ4v) is 2.19. The van der Waals surface area contributed by atoms with Crippen molar-refractivity contribution in [2.75, 3.05) is 14.2 Å². The number of nitrogens with zero attached hydrogens (tertiary/aromatic N) is 2. The molecule has 0 fully saturated rings. The van der Waals surface area contributed by atoms with Crippen LogP contribution in [0.4, 0.5) is 0 Å². The number of hydrogen-bond acceptors (Lipinski definition) is 5. The molecule has 2 aromatic rings. The van der Waals surface area contributed by atoms with Crippen LogP contribution in [-0.2, 0) is 0 Å². The number of hydrogen-bond donors (Lipinski definition) is 1. The SMILES string of the molecule is COc1cnc(C(N)c2ccc(C)c(Br)c2)c(OC)n1. The van der Waals surface area contributed by atoms with Crippen molar-refractivity contribution in [1.29, 1.82) is 0 Å². The van der Waals surface area contributed by atoms with Crippen LogP contribution in [0.3, 0.4) is 0 Å². The molecule has 20 heavy (non-hydrogen) atoms. The molecule has 0 aliphatic heterocycles. The monoisotopic (exact) mass is 337 g/mol. The van der Waals surface area contributed by atoms with E-state index in [2.05, 4.69) is 25.9 Å². The molecule has 0 saturated heterocycles. The van der Waals surface area contributed by atoms with Gasteiger partial charge in [0, 0.05) is 4.47 Å². The summed E-state index contributed by atoms with van der Waals surface area (Å²) in [4.78, 5) is 8.49. The van der Waals surface area contributed by atoms with Gasteiger partial charge in [0.15, 0.2) is 0 Å². The van der Waals surface area contributed by atoms with Gasteiger partial charge in [0.05, 0.1) is 26.5 Å². The summed E-state index contributed by atoms with van der Waals surface area (Å²) < 4.78 is 11.3. The van der Waals surface area contributed by atoms with Crippen molar-refractivity contribution in [2.45, 2.75) is 13.0 Å². The van der Waals surface area contributed by atoms with E-state index in [9.17, 15) is 0 Å². The lowest BCUT2D eigenvalue weighted by Gasteiger charge is -2.15. The van der Waals surface area contributed by atoms with Crippen LogP contribution in [0.5, 0.6) is 11.8 Å². The summed E-state index contributed by atoms with van der Waals surface area (Å²) in [6.07, 6.45) is 1.53. The topological polar surface area (TPSA) is 70.3 Å². The molecule has 2 rings (SSSR count). The third-order valence-corrected chi connectivity index (χ3v) is 3.85. The lowest BCUT2D eigenvalue weighted by Crippen LogP contribution is -2.16. The number of nitrogens with two attached hydrogens (primary N) is 1. The highest BCUT2D eigenvalue weighted by Crippen LogP contribution is 2.28. The lowest BCUT2D eigenvalue weighted by atomic mass is 10.0. The molecule has 1 atom stereocenters. The fourth-order valence-electron chi connectivity index (χ4n) is 1.79. The second-order valence-corrected chi connectivity index (χ2v) is 5.15. The summed E-state index contributed by atoms with van der Waals surface area (Å²) in [7, 11) is 3.06. The smallest absolute Gasteiger partial charge is 0.240 e. The van der Waals surface area contributed by atoms with Crippen molar-refractivity contribution in [3.05, 3.63) is 45.7 Å². The van der Waals surface area contributed by atoms with Crippen LogP contribution < -0.4 is 15.2 Å². The second kappa shape index (κ2) is 6.19. The molecule has 1 heterocycles. The molecule has 0 bridgehead atoms. The molecule has 0 radical (unpaired) electrons. The Hall–Kier alpha value is -1.66. The Labute approximate surface area is 126 Å². The van der Waals surface area contributed by atoms with Crippen LogP contribution in [-0.4, -0.2) is 24.2 Å². The van der Waals surface area contributed by atoms with Gasteiger partial charge in [0.1, 0.15) is 5.69 Å². The van der Waals surface area contributed by atoms with Crippen molar-refractivity contribution < 1.29 is 9.47 Å². The maximum atomic E-state index is 6.26. The van der Waals surface area contributed by atoms with Gasteiger partial charge in [-0.1, -0.05) is 28.1 Å². The minimum Gasteiger partial charge on any atom is -0.480 e. The number of methoxy groups -OCH3 is 2. The third-order valence-electron chi connectivity index (χ3n) is 3.00. The van der Waals surface area contributed by atoms with Gasteiger partial charge in [-0.05, 0) is 24.1 Å². The summed E-state index contributed by atoms with van der Waals surface area (Å²) in [5, 5.41) is 0. The Balaban J connectivity index is 2.41. The average Bonchev–Trinajstić information content (AvgIpc) is 2.48. The lowest BCUT2D eigenvalue weighted by molar-refractivity contribution is 0.355. The summed E-state index contributed by atoms with van der Waals surface area (Å²) >= 11 is 3.50. The predicted octanol–water partition coefficient (Wildman–Crippen LogP) is 2.61. The van der Waals surface area contributed by atoms with Crippen molar-refractivity contribution in [1.82, 2.24) is 9.97 Å². The molecule has 0 aliphatic rings. The molecule has 6 heteroatoms. The first-order chi connectivity index (χ1) is 9.56. The first-order valence-corrected chi connectivity index (χ1v) is 6.82. The maximum absolute atomic E-state index is 6.26. The van der Waals surface area contributed by atoms with E-state index in [1.54, 1.807) is 0 Å². The van der Waals surface area contributed by atoms with Crippen LogP contribution >= 0.6 is 15.9 Å². The van der Waals surface area contributed by atoms with Crippen LogP contribution in [0.1, 0.15) is 22.9 Å². The molecule has 0 amide bonds. The summed E-state index contributed by atoms with van der Waals surface area (Å²) in [6, 6.07) is 5.53. The highest BCUT2D eigenvalue weighted by atomic mass is 79.9. The van der Waals surface area contributed by atoms with Crippen LogP contribution in [0.25, 0.3) is 0 Å². The Morgan fingerprint density at radius 2 is 2.00 bits per heavy atom. The third kappa shape index (κ3) is 2.91. The van der Waals surface area contributed by atoms with Crippen molar-refractivity contribution in [3.63, 3.8) is 0 Å². The van der Waals surface area contributed by atoms with Gasteiger partial charge in [-0.25, -0.2) is 4.98 Å². The molecular weight excluding hydrogens is 322 g/mol. The van der Waals surface area contributed by atoms with Gasteiger partial charge < -0.3 is 15.2 Å². The highest BCUT2D eigenvalue weighted by Gasteiger charge is 2.18. The first kappa shape index (κ1) is 14.7. The summed E-state index contributed by atoms with van der Waals surface area (Å²) in [5.41, 5.74) is 8.91. The zero-order valence-electron chi connectivity index (χ0n) is 11.6. The van der Waals surface area contributed by atoms with Crippen molar-refractivity contribution in [2.24, 2.45) is 5.73 Å². The van der Waals surface area contributed by atoms with Gasteiger partial charge >= 0.3 is 0 Å². The van der Waals surface area contributed by atoms with E-state index in [4.69, 9.17) is 15.2 Å². The van der Waals surface area contributed by atoms with Crippen LogP contribution in [0.2, 0.25) is 0 Å². The van der Waals surface area contributed by atoms with E-state index < -0.39 is 6.04 Å². The molecule has 0 spiro atoms. The van der Waals surface area contributed by atoms with Gasteiger partial charge in [-0.3, -0.25) is 0 Å². The minimum absolute atomic E-state index is 0.369. The number of ether oxygens (including phenoxy) is 2. The number of rotatable bonds is 4. The molecule has 0 saturated carbocycles. The Kier molecular flexibility index (Phi) is 4.57. The molecular formula is C14H16BrN3O2. The van der Waals surface area contributed by atoms with Gasteiger partial charge in [-0.15, -0.1) is 0 Å². The van der Waals surface area contributed by atoms with E-state index >= 15 is 0 Å². The highest BCUT2D eigenvalue weighted by molar-refractivity contribution is 9.10. The Morgan fingerprint density at radius 1 is 1.25 bits per heavy atom. The quantitative estimate of drug-likeness (QED) is 0.928. The fraction of sp³-hybridized carbons (Fsp3) is 0.286. The predicted molar refractivity (Wildman–Crippen MR) is 80.0 cm³/mol. The van der Waals surface area contributed by atoms with Crippen LogP contribution in [0.15, 0.2) is 28.9 Å². The molecule has 5 nitrogen and oxygen atoms in total. The van der Waals surface area contributed by atoms with E-state index in [-0.39, 0.29) is 0 Å². The van der Waals surface area contributed by atoms with Crippen molar-refractivity contribution in [3.8, 4) is 11.8 Å². The largest absolute Gasteiger partial charge is 0.480 e. The molecule has 0 aliphatic carbocycles. The molecule has 2 N–H and O–H groups in total. The Morgan fingerprint density at radius 3 is 2.60 bits per heavy atom. The number of aryl methyl sites for hydroxylation is 1. The minimum atomic E-state index is -0.416. The number of benzene rings is 1. The molecule has 106 valence electrons. The Bertz CT molecular complexity index is 619. The molecule has 1 aromatic heterocycles. The van der Waals surface area contributed by atoms with Gasteiger partial charge in [0.25, 0.3) is 0 Å². The molecule has 1 aromatic carbocycles. The van der Waals surface area contributed by atoms with E-state index in [0.29, 0.717) is 17.5 Å². The van der Waals surface area contributed by atoms with E-state index in [1.807, 2.05) is 25.1 Å². The van der Waals surface area contributed by atoms with E-state index in [1.165, 1.54) is 20.4 Å². The first-order valence-electron chi connectivity index (χ1n) is 6.03.